The maximum Gasteiger partial charge on any atom is 0.330 e. The molecule has 6 atom stereocenters. The SMILES string of the molecule is C=C(C)C(=O)O.CC(O)COC(C)COC(C)COC(C)COC(C)COC(C)CO. The van der Waals surface area contributed by atoms with Gasteiger partial charge in [-0.2, -0.15) is 0 Å². The Morgan fingerprint density at radius 2 is 0.968 bits per heavy atom. The summed E-state index contributed by atoms with van der Waals surface area (Å²) in [7, 11) is 0. The van der Waals surface area contributed by atoms with Gasteiger partial charge in [-0.15, -0.1) is 0 Å². The van der Waals surface area contributed by atoms with Gasteiger partial charge in [0.25, 0.3) is 0 Å². The predicted octanol–water partition coefficient (Wildman–Crippen LogP) is 2.03. The number of hydrogen-bond donors (Lipinski definition) is 3. The molecule has 0 heterocycles. The third-order valence-electron chi connectivity index (χ3n) is 3.71. The van der Waals surface area contributed by atoms with Crippen molar-refractivity contribution < 1.29 is 43.8 Å². The summed E-state index contributed by atoms with van der Waals surface area (Å²) in [6.45, 7) is 18.0. The van der Waals surface area contributed by atoms with Gasteiger partial charge in [-0.3, -0.25) is 0 Å². The summed E-state index contributed by atoms with van der Waals surface area (Å²) in [6, 6.07) is 0. The summed E-state index contributed by atoms with van der Waals surface area (Å²) in [5.41, 5.74) is 0.176. The van der Waals surface area contributed by atoms with Crippen molar-refractivity contribution in [2.24, 2.45) is 0 Å². The number of aliphatic carboxylic acids is 1. The van der Waals surface area contributed by atoms with Crippen molar-refractivity contribution >= 4 is 5.97 Å². The third kappa shape index (κ3) is 23.4. The number of ether oxygens (including phenoxy) is 5. The van der Waals surface area contributed by atoms with E-state index in [1.54, 1.807) is 6.92 Å². The van der Waals surface area contributed by atoms with Crippen LogP contribution >= 0.6 is 0 Å². The topological polar surface area (TPSA) is 124 Å². The molecule has 0 radical (unpaired) electrons. The molecular formula is C22H44O9. The van der Waals surface area contributed by atoms with E-state index >= 15 is 0 Å². The van der Waals surface area contributed by atoms with Crippen molar-refractivity contribution in [3.8, 4) is 0 Å². The molecule has 0 aliphatic rings. The van der Waals surface area contributed by atoms with Gasteiger partial charge in [0.15, 0.2) is 0 Å². The zero-order valence-electron chi connectivity index (χ0n) is 20.2. The quantitative estimate of drug-likeness (QED) is 0.284. The van der Waals surface area contributed by atoms with Gasteiger partial charge in [-0.1, -0.05) is 6.58 Å². The Labute approximate surface area is 187 Å². The number of carbonyl (C=O) groups is 1. The Kier molecular flexibility index (Phi) is 20.3. The van der Waals surface area contributed by atoms with E-state index in [0.717, 1.165) is 0 Å². The lowest BCUT2D eigenvalue weighted by atomic mass is 10.3. The Morgan fingerprint density at radius 3 is 1.19 bits per heavy atom. The zero-order chi connectivity index (χ0) is 24.4. The average molecular weight is 453 g/mol. The maximum absolute atomic E-state index is 9.60. The molecule has 31 heavy (non-hydrogen) atoms. The molecule has 6 unspecified atom stereocenters. The minimum Gasteiger partial charge on any atom is -0.478 e. The van der Waals surface area contributed by atoms with Crippen LogP contribution in [0.4, 0.5) is 0 Å². The normalized spacial score (nSPS) is 16.9. The molecule has 9 heteroatoms. The van der Waals surface area contributed by atoms with Crippen LogP contribution in [-0.2, 0) is 28.5 Å². The molecule has 0 aromatic heterocycles. The molecule has 0 spiro atoms. The average Bonchev–Trinajstić information content (AvgIpc) is 2.71. The van der Waals surface area contributed by atoms with Crippen LogP contribution in [0.2, 0.25) is 0 Å². The second-order valence-corrected chi connectivity index (χ2v) is 7.84. The van der Waals surface area contributed by atoms with Crippen molar-refractivity contribution in [3.63, 3.8) is 0 Å². The van der Waals surface area contributed by atoms with Crippen LogP contribution in [0.1, 0.15) is 48.5 Å². The summed E-state index contributed by atoms with van der Waals surface area (Å²) in [5, 5.41) is 26.0. The fourth-order valence-electron chi connectivity index (χ4n) is 1.75. The lowest BCUT2D eigenvalue weighted by molar-refractivity contribution is -0.132. The Balaban J connectivity index is 0. The van der Waals surface area contributed by atoms with Crippen molar-refractivity contribution in [1.82, 2.24) is 0 Å². The zero-order valence-corrected chi connectivity index (χ0v) is 20.2. The number of carboxylic acids is 1. The molecule has 186 valence electrons. The molecule has 0 fully saturated rings. The minimum absolute atomic E-state index is 0.00675. The molecular weight excluding hydrogens is 408 g/mol. The first-order valence-corrected chi connectivity index (χ1v) is 10.6. The first kappa shape index (κ1) is 32.1. The van der Waals surface area contributed by atoms with E-state index in [4.69, 9.17) is 33.9 Å². The van der Waals surface area contributed by atoms with E-state index in [2.05, 4.69) is 6.58 Å². The highest BCUT2D eigenvalue weighted by molar-refractivity contribution is 5.84. The highest BCUT2D eigenvalue weighted by Gasteiger charge is 2.12. The molecule has 9 nitrogen and oxygen atoms in total. The molecule has 0 aromatic carbocycles. The van der Waals surface area contributed by atoms with E-state index in [0.29, 0.717) is 33.0 Å². The Morgan fingerprint density at radius 1 is 0.710 bits per heavy atom. The van der Waals surface area contributed by atoms with Gasteiger partial charge in [0.2, 0.25) is 0 Å². The van der Waals surface area contributed by atoms with E-state index in [1.165, 1.54) is 6.92 Å². The molecule has 0 rings (SSSR count). The highest BCUT2D eigenvalue weighted by atomic mass is 16.6. The van der Waals surface area contributed by atoms with Gasteiger partial charge in [-0.05, 0) is 48.5 Å². The number of hydrogen-bond acceptors (Lipinski definition) is 8. The van der Waals surface area contributed by atoms with Crippen molar-refractivity contribution in [1.29, 1.82) is 0 Å². The van der Waals surface area contributed by atoms with Crippen molar-refractivity contribution in [3.05, 3.63) is 12.2 Å². The van der Waals surface area contributed by atoms with Crippen LogP contribution in [0.5, 0.6) is 0 Å². The summed E-state index contributed by atoms with van der Waals surface area (Å²) in [5.74, 6) is -0.935. The summed E-state index contributed by atoms with van der Waals surface area (Å²) in [6.07, 6.45) is -0.868. The van der Waals surface area contributed by atoms with E-state index in [9.17, 15) is 9.90 Å². The highest BCUT2D eigenvalue weighted by Crippen LogP contribution is 2.03. The third-order valence-corrected chi connectivity index (χ3v) is 3.71. The van der Waals surface area contributed by atoms with E-state index in [-0.39, 0.29) is 42.7 Å². The molecule has 0 aromatic rings. The van der Waals surface area contributed by atoms with Crippen LogP contribution < -0.4 is 0 Å². The standard InChI is InChI=1S/C18H38O7.C4H6O2/c1-13(20)8-21-15(3)10-23-17(5)12-25-18(6)11-24-16(4)9-22-14(2)7-19;1-3(2)4(5)6/h13-20H,7-12H2,1-6H3;1H2,2H3,(H,5,6). The van der Waals surface area contributed by atoms with Crippen molar-refractivity contribution in [2.75, 3.05) is 39.6 Å². The first-order chi connectivity index (χ1) is 14.4. The predicted molar refractivity (Wildman–Crippen MR) is 118 cm³/mol. The second-order valence-electron chi connectivity index (χ2n) is 7.84. The molecule has 0 saturated heterocycles. The monoisotopic (exact) mass is 452 g/mol. The molecule has 3 N–H and O–H groups in total. The Bertz CT molecular complexity index is 444. The van der Waals surface area contributed by atoms with Gasteiger partial charge in [0.05, 0.1) is 76.3 Å². The van der Waals surface area contributed by atoms with E-state index < -0.39 is 12.1 Å². The van der Waals surface area contributed by atoms with Crippen LogP contribution in [-0.4, -0.2) is 97.6 Å². The van der Waals surface area contributed by atoms with Gasteiger partial charge in [0, 0.05) is 5.57 Å². The Hall–Kier alpha value is -1.07. The lowest BCUT2D eigenvalue weighted by Gasteiger charge is -2.22. The lowest BCUT2D eigenvalue weighted by Crippen LogP contribution is -2.29. The summed E-state index contributed by atoms with van der Waals surface area (Å²) in [4.78, 5) is 9.60. The number of aliphatic hydroxyl groups is 2. The van der Waals surface area contributed by atoms with E-state index in [1.807, 2.05) is 34.6 Å². The van der Waals surface area contributed by atoms with Crippen molar-refractivity contribution in [2.45, 2.75) is 85.1 Å². The van der Waals surface area contributed by atoms with Crippen LogP contribution in [0.15, 0.2) is 12.2 Å². The smallest absolute Gasteiger partial charge is 0.330 e. The molecule has 0 bridgehead atoms. The van der Waals surface area contributed by atoms with Gasteiger partial charge < -0.3 is 39.0 Å². The number of carboxylic acid groups (broad SMARTS) is 1. The molecule has 0 amide bonds. The minimum atomic E-state index is -0.935. The van der Waals surface area contributed by atoms with Crippen LogP contribution in [0, 0.1) is 0 Å². The fraction of sp³-hybridized carbons (Fsp3) is 0.864. The van der Waals surface area contributed by atoms with Crippen LogP contribution in [0.3, 0.4) is 0 Å². The fourth-order valence-corrected chi connectivity index (χ4v) is 1.75. The van der Waals surface area contributed by atoms with Gasteiger partial charge in [0.1, 0.15) is 0 Å². The first-order valence-electron chi connectivity index (χ1n) is 10.6. The van der Waals surface area contributed by atoms with Gasteiger partial charge >= 0.3 is 5.97 Å². The molecule has 0 saturated carbocycles. The maximum atomic E-state index is 9.60. The summed E-state index contributed by atoms with van der Waals surface area (Å²) < 4.78 is 27.9. The van der Waals surface area contributed by atoms with Gasteiger partial charge in [-0.25, -0.2) is 4.79 Å². The number of rotatable bonds is 17. The largest absolute Gasteiger partial charge is 0.478 e. The number of aliphatic hydroxyl groups excluding tert-OH is 2. The molecule has 0 aliphatic heterocycles. The van der Waals surface area contributed by atoms with Crippen LogP contribution in [0.25, 0.3) is 0 Å². The second kappa shape index (κ2) is 19.6. The molecule has 0 aliphatic carbocycles. The summed E-state index contributed by atoms with van der Waals surface area (Å²) >= 11 is 0.